The number of nitrogens with one attached hydrogen (secondary N) is 1. The molecule has 4 rings (SSSR count). The van der Waals surface area contributed by atoms with E-state index in [0.717, 1.165) is 17.3 Å². The van der Waals surface area contributed by atoms with Crippen molar-refractivity contribution in [3.8, 4) is 17.1 Å². The zero-order chi connectivity index (χ0) is 21.8. The standard InChI is InChI=1S/C20H15FN6O2S2/c21-13-1-3-14(4-2-13)27-18(12-5-8-23-9-6-12)25-26-20(27)31-11-16(28)24-19-15(17(22)29)7-10-30-19/h1-10H,11H2,(H2,22,29)(H,24,28). The second-order valence-electron chi connectivity index (χ2n) is 6.22. The van der Waals surface area contributed by atoms with Crippen molar-refractivity contribution in [1.29, 1.82) is 0 Å². The van der Waals surface area contributed by atoms with Gasteiger partial charge in [0.25, 0.3) is 5.91 Å². The summed E-state index contributed by atoms with van der Waals surface area (Å²) in [4.78, 5) is 27.9. The number of anilines is 1. The highest BCUT2D eigenvalue weighted by Crippen LogP contribution is 2.28. The number of primary amides is 1. The van der Waals surface area contributed by atoms with Gasteiger partial charge in [0.05, 0.1) is 11.3 Å². The first-order valence-electron chi connectivity index (χ1n) is 8.94. The molecule has 3 heterocycles. The molecule has 0 aliphatic rings. The molecule has 3 aromatic heterocycles. The van der Waals surface area contributed by atoms with Gasteiger partial charge in [-0.3, -0.25) is 19.1 Å². The summed E-state index contributed by atoms with van der Waals surface area (Å²) in [5, 5.41) is 13.7. The van der Waals surface area contributed by atoms with Gasteiger partial charge in [0.15, 0.2) is 11.0 Å². The second kappa shape index (κ2) is 9.06. The van der Waals surface area contributed by atoms with Crippen molar-refractivity contribution in [1.82, 2.24) is 19.7 Å². The van der Waals surface area contributed by atoms with Crippen LogP contribution in [0.1, 0.15) is 10.4 Å². The topological polar surface area (TPSA) is 116 Å². The third-order valence-electron chi connectivity index (χ3n) is 4.17. The molecule has 0 saturated carbocycles. The Bertz CT molecular complexity index is 1220. The van der Waals surface area contributed by atoms with E-state index in [1.165, 1.54) is 23.5 Å². The number of carbonyl (C=O) groups excluding carboxylic acids is 2. The first-order valence-corrected chi connectivity index (χ1v) is 10.8. The molecule has 0 atom stereocenters. The van der Waals surface area contributed by atoms with Gasteiger partial charge in [-0.15, -0.1) is 21.5 Å². The Morgan fingerprint density at radius 1 is 1.10 bits per heavy atom. The van der Waals surface area contributed by atoms with Crippen molar-refractivity contribution < 1.29 is 14.0 Å². The minimum atomic E-state index is -0.609. The maximum absolute atomic E-state index is 13.4. The van der Waals surface area contributed by atoms with Crippen LogP contribution in [0.15, 0.2) is 65.4 Å². The number of hydrogen-bond acceptors (Lipinski definition) is 7. The zero-order valence-corrected chi connectivity index (χ0v) is 17.5. The van der Waals surface area contributed by atoms with E-state index < -0.39 is 5.91 Å². The molecule has 8 nitrogen and oxygen atoms in total. The lowest BCUT2D eigenvalue weighted by atomic mass is 10.2. The molecule has 0 aliphatic carbocycles. The lowest BCUT2D eigenvalue weighted by Gasteiger charge is -2.10. The van der Waals surface area contributed by atoms with Crippen LogP contribution < -0.4 is 11.1 Å². The van der Waals surface area contributed by atoms with Gasteiger partial charge in [0.1, 0.15) is 10.8 Å². The smallest absolute Gasteiger partial charge is 0.251 e. The fourth-order valence-corrected chi connectivity index (χ4v) is 4.33. The minimum absolute atomic E-state index is 0.0196. The summed E-state index contributed by atoms with van der Waals surface area (Å²) in [6, 6.07) is 11.0. The van der Waals surface area contributed by atoms with Crippen LogP contribution in [0.5, 0.6) is 0 Å². The molecule has 0 fully saturated rings. The molecular weight excluding hydrogens is 439 g/mol. The van der Waals surface area contributed by atoms with Crippen LogP contribution >= 0.6 is 23.1 Å². The average molecular weight is 455 g/mol. The van der Waals surface area contributed by atoms with Crippen molar-refractivity contribution in [2.75, 3.05) is 11.1 Å². The maximum Gasteiger partial charge on any atom is 0.251 e. The SMILES string of the molecule is NC(=O)c1ccsc1NC(=O)CSc1nnc(-c2ccncc2)n1-c1ccc(F)cc1. The molecule has 2 amide bonds. The molecule has 31 heavy (non-hydrogen) atoms. The molecule has 1 aromatic carbocycles. The highest BCUT2D eigenvalue weighted by molar-refractivity contribution is 7.99. The molecule has 0 bridgehead atoms. The van der Waals surface area contributed by atoms with Crippen LogP contribution in [-0.2, 0) is 4.79 Å². The quantitative estimate of drug-likeness (QED) is 0.414. The van der Waals surface area contributed by atoms with Gasteiger partial charge < -0.3 is 11.1 Å². The predicted molar refractivity (Wildman–Crippen MR) is 117 cm³/mol. The number of amides is 2. The Balaban J connectivity index is 1.59. The number of nitrogens with two attached hydrogens (primary N) is 1. The molecule has 0 unspecified atom stereocenters. The van der Waals surface area contributed by atoms with Gasteiger partial charge in [-0.1, -0.05) is 11.8 Å². The van der Waals surface area contributed by atoms with E-state index in [-0.39, 0.29) is 23.0 Å². The Morgan fingerprint density at radius 3 is 2.55 bits per heavy atom. The predicted octanol–water partition coefficient (Wildman–Crippen LogP) is 3.36. The fraction of sp³-hybridized carbons (Fsp3) is 0.0500. The summed E-state index contributed by atoms with van der Waals surface area (Å²) >= 11 is 2.38. The van der Waals surface area contributed by atoms with Gasteiger partial charge in [0, 0.05) is 23.6 Å². The lowest BCUT2D eigenvalue weighted by molar-refractivity contribution is -0.113. The minimum Gasteiger partial charge on any atom is -0.366 e. The lowest BCUT2D eigenvalue weighted by Crippen LogP contribution is -2.18. The van der Waals surface area contributed by atoms with Crippen molar-refractivity contribution in [2.45, 2.75) is 5.16 Å². The first kappa shape index (κ1) is 20.7. The van der Waals surface area contributed by atoms with Crippen LogP contribution in [0.3, 0.4) is 0 Å². The average Bonchev–Trinajstić information content (AvgIpc) is 3.40. The van der Waals surface area contributed by atoms with Gasteiger partial charge in [0.2, 0.25) is 5.91 Å². The summed E-state index contributed by atoms with van der Waals surface area (Å²) in [5.74, 6) is -0.745. The zero-order valence-electron chi connectivity index (χ0n) is 15.9. The van der Waals surface area contributed by atoms with E-state index in [0.29, 0.717) is 21.7 Å². The maximum atomic E-state index is 13.4. The Morgan fingerprint density at radius 2 is 1.84 bits per heavy atom. The first-order chi connectivity index (χ1) is 15.0. The number of thiophene rings is 1. The van der Waals surface area contributed by atoms with Gasteiger partial charge in [-0.05, 0) is 47.8 Å². The fourth-order valence-electron chi connectivity index (χ4n) is 2.77. The highest BCUT2D eigenvalue weighted by Gasteiger charge is 2.18. The van der Waals surface area contributed by atoms with Crippen molar-refractivity contribution in [3.05, 3.63) is 71.6 Å². The molecule has 11 heteroatoms. The molecule has 0 spiro atoms. The third kappa shape index (κ3) is 4.62. The van der Waals surface area contributed by atoms with Crippen molar-refractivity contribution in [2.24, 2.45) is 5.73 Å². The van der Waals surface area contributed by atoms with E-state index in [2.05, 4.69) is 20.5 Å². The number of hydrogen-bond donors (Lipinski definition) is 2. The number of pyridine rings is 1. The third-order valence-corrected chi connectivity index (χ3v) is 5.93. The van der Waals surface area contributed by atoms with Gasteiger partial charge in [-0.2, -0.15) is 0 Å². The van der Waals surface area contributed by atoms with E-state index in [1.807, 2.05) is 0 Å². The second-order valence-corrected chi connectivity index (χ2v) is 8.08. The van der Waals surface area contributed by atoms with Crippen LogP contribution in [0.2, 0.25) is 0 Å². The molecule has 3 N–H and O–H groups in total. The number of thioether (sulfide) groups is 1. The van der Waals surface area contributed by atoms with Crippen molar-refractivity contribution >= 4 is 39.9 Å². The monoisotopic (exact) mass is 454 g/mol. The molecule has 0 aliphatic heterocycles. The largest absolute Gasteiger partial charge is 0.366 e. The number of benzene rings is 1. The summed E-state index contributed by atoms with van der Waals surface area (Å²) in [5.41, 5.74) is 6.99. The van der Waals surface area contributed by atoms with Gasteiger partial charge in [-0.25, -0.2) is 4.39 Å². The van der Waals surface area contributed by atoms with E-state index in [4.69, 9.17) is 5.73 Å². The van der Waals surface area contributed by atoms with Crippen LogP contribution in [0.25, 0.3) is 17.1 Å². The summed E-state index contributed by atoms with van der Waals surface area (Å²) in [6.07, 6.45) is 3.27. The van der Waals surface area contributed by atoms with E-state index in [9.17, 15) is 14.0 Å². The number of halogens is 1. The highest BCUT2D eigenvalue weighted by atomic mass is 32.2. The van der Waals surface area contributed by atoms with Crippen molar-refractivity contribution in [3.63, 3.8) is 0 Å². The number of nitrogens with zero attached hydrogens (tertiary/aromatic N) is 4. The molecule has 0 saturated heterocycles. The molecule has 4 aromatic rings. The molecule has 0 radical (unpaired) electrons. The summed E-state index contributed by atoms with van der Waals surface area (Å²) < 4.78 is 15.2. The van der Waals surface area contributed by atoms with E-state index >= 15 is 0 Å². The number of aromatic nitrogens is 4. The normalized spacial score (nSPS) is 10.7. The number of carbonyl (C=O) groups is 2. The number of rotatable bonds is 7. The van der Waals surface area contributed by atoms with E-state index in [1.54, 1.807) is 52.7 Å². The summed E-state index contributed by atoms with van der Waals surface area (Å²) in [6.45, 7) is 0. The molecular formula is C20H15FN6O2S2. The molecule has 156 valence electrons. The summed E-state index contributed by atoms with van der Waals surface area (Å²) in [7, 11) is 0. The van der Waals surface area contributed by atoms with Gasteiger partial charge >= 0.3 is 0 Å². The van der Waals surface area contributed by atoms with Crippen LogP contribution in [-0.4, -0.2) is 37.3 Å². The Kier molecular flexibility index (Phi) is 6.05. The Labute approximate surface area is 184 Å². The van der Waals surface area contributed by atoms with Crippen LogP contribution in [0.4, 0.5) is 9.39 Å². The Hall–Kier alpha value is -3.57. The van der Waals surface area contributed by atoms with Crippen LogP contribution in [0, 0.1) is 5.82 Å².